The van der Waals surface area contributed by atoms with Gasteiger partial charge in [-0.25, -0.2) is 9.97 Å². The minimum absolute atomic E-state index is 0.325. The summed E-state index contributed by atoms with van der Waals surface area (Å²) in [6.07, 6.45) is 4.53. The number of hydrogen-bond donors (Lipinski definition) is 3. The number of piperazine rings is 1. The van der Waals surface area contributed by atoms with Crippen molar-refractivity contribution in [3.05, 3.63) is 66.7 Å². The van der Waals surface area contributed by atoms with Crippen molar-refractivity contribution in [1.82, 2.24) is 20.4 Å². The molecule has 0 aliphatic carbocycles. The average molecular weight is 390 g/mol. The number of para-hydroxylation sites is 1. The molecule has 0 atom stereocenters. The number of carbonyl (C=O) groups is 1. The number of anilines is 4. The second-order valence-electron chi connectivity index (χ2n) is 6.59. The molecule has 3 aromatic rings. The fourth-order valence-corrected chi connectivity index (χ4v) is 3.24. The fraction of sp³-hybridized carbons (Fsp3) is 0.200. The maximum atomic E-state index is 12.2. The number of nitrogens with zero attached hydrogens (tertiary/aromatic N) is 5. The Morgan fingerprint density at radius 3 is 2.45 bits per heavy atom. The van der Waals surface area contributed by atoms with Crippen molar-refractivity contribution in [2.75, 3.05) is 47.1 Å². The first kappa shape index (κ1) is 18.5. The number of nitrogens with two attached hydrogens (primary N) is 1. The van der Waals surface area contributed by atoms with Gasteiger partial charge < -0.3 is 15.5 Å². The molecule has 2 aromatic heterocycles. The van der Waals surface area contributed by atoms with Crippen LogP contribution in [0.5, 0.6) is 0 Å². The van der Waals surface area contributed by atoms with E-state index >= 15 is 0 Å². The molecule has 1 amide bonds. The quantitative estimate of drug-likeness (QED) is 0.563. The van der Waals surface area contributed by atoms with Crippen LogP contribution in [0.4, 0.5) is 23.0 Å². The zero-order chi connectivity index (χ0) is 20.1. The Morgan fingerprint density at radius 2 is 1.72 bits per heavy atom. The van der Waals surface area contributed by atoms with Crippen LogP contribution in [0.25, 0.3) is 0 Å². The van der Waals surface area contributed by atoms with Gasteiger partial charge in [0.2, 0.25) is 0 Å². The number of hydrazine groups is 1. The molecule has 0 saturated carbocycles. The van der Waals surface area contributed by atoms with Gasteiger partial charge >= 0.3 is 0 Å². The van der Waals surface area contributed by atoms with E-state index in [1.54, 1.807) is 18.3 Å². The fourth-order valence-electron chi connectivity index (χ4n) is 3.24. The molecular weight excluding hydrogens is 368 g/mol. The predicted molar refractivity (Wildman–Crippen MR) is 113 cm³/mol. The lowest BCUT2D eigenvalue weighted by Crippen LogP contribution is -2.47. The lowest BCUT2D eigenvalue weighted by atomic mass is 10.2. The summed E-state index contributed by atoms with van der Waals surface area (Å²) in [5, 5.41) is 0. The highest BCUT2D eigenvalue weighted by molar-refractivity contribution is 5.94. The van der Waals surface area contributed by atoms with Crippen LogP contribution in [-0.2, 0) is 0 Å². The third-order valence-corrected chi connectivity index (χ3v) is 4.78. The van der Waals surface area contributed by atoms with Gasteiger partial charge in [0.1, 0.15) is 12.0 Å². The molecule has 0 bridgehead atoms. The Balaban J connectivity index is 1.40. The van der Waals surface area contributed by atoms with Crippen molar-refractivity contribution in [1.29, 1.82) is 0 Å². The Bertz CT molecular complexity index is 959. The molecule has 1 aliphatic heterocycles. The monoisotopic (exact) mass is 390 g/mol. The molecule has 4 N–H and O–H groups in total. The Hall–Kier alpha value is -3.88. The van der Waals surface area contributed by atoms with E-state index in [1.165, 1.54) is 18.2 Å². The summed E-state index contributed by atoms with van der Waals surface area (Å²) in [6, 6.07) is 13.7. The van der Waals surface area contributed by atoms with E-state index in [0.29, 0.717) is 22.9 Å². The molecule has 1 fully saturated rings. The number of pyridine rings is 1. The standard InChI is InChI=1S/C20H22N8O/c21-17-18(25-26-20(29)15-5-4-8-22-13-15)23-14-24-19(17)28-11-9-27(10-12-28)16-6-2-1-3-7-16/h1-8,13-14H,9-12,21H2,(H,26,29)(H,23,24,25). The lowest BCUT2D eigenvalue weighted by molar-refractivity contribution is 0.0962. The predicted octanol–water partition coefficient (Wildman–Crippen LogP) is 1.54. The summed E-state index contributed by atoms with van der Waals surface area (Å²) in [6.45, 7) is 3.32. The molecule has 9 heteroatoms. The number of aromatic nitrogens is 3. The highest BCUT2D eigenvalue weighted by atomic mass is 16.2. The van der Waals surface area contributed by atoms with Crippen molar-refractivity contribution >= 4 is 28.9 Å². The minimum atomic E-state index is -0.325. The van der Waals surface area contributed by atoms with Gasteiger partial charge in [-0.05, 0) is 24.3 Å². The number of hydrogen-bond acceptors (Lipinski definition) is 8. The summed E-state index contributed by atoms with van der Waals surface area (Å²) in [5.74, 6) is 0.692. The normalized spacial score (nSPS) is 13.8. The summed E-state index contributed by atoms with van der Waals surface area (Å²) < 4.78 is 0. The molecule has 9 nitrogen and oxygen atoms in total. The Morgan fingerprint density at radius 1 is 0.966 bits per heavy atom. The summed E-state index contributed by atoms with van der Waals surface area (Å²) in [4.78, 5) is 29.1. The summed E-state index contributed by atoms with van der Waals surface area (Å²) in [5.41, 5.74) is 13.7. The second kappa shape index (κ2) is 8.42. The first-order valence-corrected chi connectivity index (χ1v) is 9.34. The Kier molecular flexibility index (Phi) is 5.37. The van der Waals surface area contributed by atoms with Gasteiger partial charge in [0.05, 0.1) is 5.56 Å². The molecular formula is C20H22N8O. The van der Waals surface area contributed by atoms with Gasteiger partial charge in [-0.3, -0.25) is 20.6 Å². The van der Waals surface area contributed by atoms with Crippen molar-refractivity contribution in [2.45, 2.75) is 0 Å². The van der Waals surface area contributed by atoms with Gasteiger partial charge in [-0.2, -0.15) is 0 Å². The molecule has 0 spiro atoms. The molecule has 148 valence electrons. The van der Waals surface area contributed by atoms with Gasteiger partial charge in [0, 0.05) is 44.3 Å². The van der Waals surface area contributed by atoms with Crippen molar-refractivity contribution in [3.63, 3.8) is 0 Å². The molecule has 1 aliphatic rings. The minimum Gasteiger partial charge on any atom is -0.393 e. The second-order valence-corrected chi connectivity index (χ2v) is 6.59. The topological polar surface area (TPSA) is 112 Å². The number of benzene rings is 1. The van der Waals surface area contributed by atoms with Crippen LogP contribution in [0.1, 0.15) is 10.4 Å². The van der Waals surface area contributed by atoms with E-state index in [-0.39, 0.29) is 5.91 Å². The van der Waals surface area contributed by atoms with Crippen LogP contribution >= 0.6 is 0 Å². The Labute approximate surface area is 168 Å². The summed E-state index contributed by atoms with van der Waals surface area (Å²) in [7, 11) is 0. The molecule has 0 unspecified atom stereocenters. The molecule has 0 radical (unpaired) electrons. The third-order valence-electron chi connectivity index (χ3n) is 4.78. The van der Waals surface area contributed by atoms with E-state index in [4.69, 9.17) is 5.73 Å². The average Bonchev–Trinajstić information content (AvgIpc) is 2.79. The SMILES string of the molecule is Nc1c(NNC(=O)c2cccnc2)ncnc1N1CCN(c2ccccc2)CC1. The van der Waals surface area contributed by atoms with Crippen LogP contribution in [0, 0.1) is 0 Å². The van der Waals surface area contributed by atoms with Crippen molar-refractivity contribution in [2.24, 2.45) is 0 Å². The number of nitrogens with one attached hydrogen (secondary N) is 2. The van der Waals surface area contributed by atoms with Crippen LogP contribution < -0.4 is 26.4 Å². The van der Waals surface area contributed by atoms with E-state index in [1.807, 2.05) is 18.2 Å². The molecule has 1 aromatic carbocycles. The van der Waals surface area contributed by atoms with Crippen molar-refractivity contribution < 1.29 is 4.79 Å². The van der Waals surface area contributed by atoms with Crippen molar-refractivity contribution in [3.8, 4) is 0 Å². The van der Waals surface area contributed by atoms with Gasteiger partial charge in [-0.15, -0.1) is 0 Å². The zero-order valence-electron chi connectivity index (χ0n) is 15.8. The number of carbonyl (C=O) groups excluding carboxylic acids is 1. The highest BCUT2D eigenvalue weighted by Crippen LogP contribution is 2.27. The van der Waals surface area contributed by atoms with E-state index in [9.17, 15) is 4.79 Å². The van der Waals surface area contributed by atoms with E-state index < -0.39 is 0 Å². The number of amides is 1. The van der Waals surface area contributed by atoms with Gasteiger partial charge in [0.15, 0.2) is 11.6 Å². The van der Waals surface area contributed by atoms with E-state index in [0.717, 1.165) is 26.2 Å². The first-order valence-electron chi connectivity index (χ1n) is 9.34. The maximum Gasteiger partial charge on any atom is 0.271 e. The molecule has 3 heterocycles. The third kappa shape index (κ3) is 4.18. The molecule has 29 heavy (non-hydrogen) atoms. The molecule has 1 saturated heterocycles. The van der Waals surface area contributed by atoms with Crippen LogP contribution in [0.15, 0.2) is 61.2 Å². The number of rotatable bonds is 5. The van der Waals surface area contributed by atoms with Gasteiger partial charge in [0.25, 0.3) is 5.91 Å². The van der Waals surface area contributed by atoms with E-state index in [2.05, 4.69) is 47.7 Å². The largest absolute Gasteiger partial charge is 0.393 e. The van der Waals surface area contributed by atoms with Crippen LogP contribution in [-0.4, -0.2) is 47.0 Å². The van der Waals surface area contributed by atoms with Gasteiger partial charge in [-0.1, -0.05) is 18.2 Å². The maximum absolute atomic E-state index is 12.2. The molecule has 4 rings (SSSR count). The highest BCUT2D eigenvalue weighted by Gasteiger charge is 2.21. The zero-order valence-corrected chi connectivity index (χ0v) is 15.8. The summed E-state index contributed by atoms with van der Waals surface area (Å²) >= 11 is 0. The van der Waals surface area contributed by atoms with Crippen LogP contribution in [0.3, 0.4) is 0 Å². The first-order chi connectivity index (χ1) is 14.2. The number of nitrogen functional groups attached to an aromatic ring is 1. The smallest absolute Gasteiger partial charge is 0.271 e. The van der Waals surface area contributed by atoms with Crippen LogP contribution in [0.2, 0.25) is 0 Å². The lowest BCUT2D eigenvalue weighted by Gasteiger charge is -2.37.